The van der Waals surface area contributed by atoms with E-state index in [0.717, 1.165) is 50.8 Å². The zero-order valence-electron chi connectivity index (χ0n) is 17.5. The summed E-state index contributed by atoms with van der Waals surface area (Å²) in [6.45, 7) is 5.81. The first kappa shape index (κ1) is 20.4. The third kappa shape index (κ3) is 5.59. The van der Waals surface area contributed by atoms with Crippen LogP contribution < -0.4 is 9.64 Å². The van der Waals surface area contributed by atoms with Crippen LogP contribution >= 0.6 is 0 Å². The van der Waals surface area contributed by atoms with Crippen LogP contribution in [0.25, 0.3) is 0 Å². The first-order valence-corrected chi connectivity index (χ1v) is 10.5. The molecule has 0 saturated carbocycles. The standard InChI is InChI=1S/C25H29N3O2/c1-27(19-22-6-2-3-8-25(22)28-14-16-29-17-15-28)18-21-9-11-24(12-10-21)30-20-23-7-4-5-13-26-23/h2-13H,14-20H2,1H3. The SMILES string of the molecule is CN(Cc1ccc(OCc2ccccn2)cc1)Cc1ccccc1N1CCOCC1. The Balaban J connectivity index is 1.32. The molecule has 0 spiro atoms. The van der Waals surface area contributed by atoms with Gasteiger partial charge in [-0.1, -0.05) is 36.4 Å². The summed E-state index contributed by atoms with van der Waals surface area (Å²) in [5.74, 6) is 0.865. The van der Waals surface area contributed by atoms with Gasteiger partial charge in [0.05, 0.1) is 18.9 Å². The van der Waals surface area contributed by atoms with E-state index in [1.807, 2.05) is 30.3 Å². The molecule has 5 heteroatoms. The van der Waals surface area contributed by atoms with Crippen molar-refractivity contribution in [3.8, 4) is 5.75 Å². The van der Waals surface area contributed by atoms with Gasteiger partial charge in [-0.05, 0) is 48.5 Å². The van der Waals surface area contributed by atoms with Crippen molar-refractivity contribution in [1.29, 1.82) is 0 Å². The maximum absolute atomic E-state index is 5.84. The quantitative estimate of drug-likeness (QED) is 0.565. The average molecular weight is 404 g/mol. The summed E-state index contributed by atoms with van der Waals surface area (Å²) < 4.78 is 11.3. The van der Waals surface area contributed by atoms with Crippen molar-refractivity contribution in [2.75, 3.05) is 38.3 Å². The van der Waals surface area contributed by atoms with Crippen LogP contribution in [0.1, 0.15) is 16.8 Å². The third-order valence-electron chi connectivity index (χ3n) is 5.27. The molecule has 1 aliphatic rings. The molecule has 0 aliphatic carbocycles. The number of nitrogens with zero attached hydrogens (tertiary/aromatic N) is 3. The molecule has 2 heterocycles. The number of rotatable bonds is 8. The number of ether oxygens (including phenoxy) is 2. The average Bonchev–Trinajstić information content (AvgIpc) is 2.80. The number of hydrogen-bond acceptors (Lipinski definition) is 5. The van der Waals surface area contributed by atoms with Crippen molar-refractivity contribution >= 4 is 5.69 Å². The van der Waals surface area contributed by atoms with Crippen LogP contribution in [-0.4, -0.2) is 43.2 Å². The molecular formula is C25H29N3O2. The highest BCUT2D eigenvalue weighted by Gasteiger charge is 2.15. The predicted octanol–water partition coefficient (Wildman–Crippen LogP) is 4.13. The third-order valence-corrected chi connectivity index (χ3v) is 5.27. The number of morpholine rings is 1. The molecule has 0 N–H and O–H groups in total. The Hall–Kier alpha value is -2.89. The highest BCUT2D eigenvalue weighted by atomic mass is 16.5. The second-order valence-electron chi connectivity index (χ2n) is 7.65. The van der Waals surface area contributed by atoms with E-state index < -0.39 is 0 Å². The van der Waals surface area contributed by atoms with Crippen molar-refractivity contribution in [2.45, 2.75) is 19.7 Å². The van der Waals surface area contributed by atoms with E-state index in [0.29, 0.717) is 6.61 Å². The fraction of sp³-hybridized carbons (Fsp3) is 0.320. The van der Waals surface area contributed by atoms with Crippen LogP contribution in [0.3, 0.4) is 0 Å². The molecule has 0 bridgehead atoms. The predicted molar refractivity (Wildman–Crippen MR) is 120 cm³/mol. The summed E-state index contributed by atoms with van der Waals surface area (Å²) in [5, 5.41) is 0. The number of hydrogen-bond donors (Lipinski definition) is 0. The molecular weight excluding hydrogens is 374 g/mol. The minimum Gasteiger partial charge on any atom is -0.487 e. The normalized spacial score (nSPS) is 14.1. The number of anilines is 1. The lowest BCUT2D eigenvalue weighted by molar-refractivity contribution is 0.122. The molecule has 4 rings (SSSR count). The fourth-order valence-corrected chi connectivity index (χ4v) is 3.75. The molecule has 30 heavy (non-hydrogen) atoms. The van der Waals surface area contributed by atoms with Crippen LogP contribution in [0.4, 0.5) is 5.69 Å². The Bertz CT molecular complexity index is 909. The van der Waals surface area contributed by atoms with Gasteiger partial charge in [0.1, 0.15) is 12.4 Å². The van der Waals surface area contributed by atoms with Crippen molar-refractivity contribution in [3.05, 3.63) is 89.7 Å². The van der Waals surface area contributed by atoms with Gasteiger partial charge in [-0.15, -0.1) is 0 Å². The van der Waals surface area contributed by atoms with Crippen LogP contribution in [0.2, 0.25) is 0 Å². The minimum atomic E-state index is 0.485. The van der Waals surface area contributed by atoms with Crippen molar-refractivity contribution < 1.29 is 9.47 Å². The largest absolute Gasteiger partial charge is 0.487 e. The summed E-state index contributed by atoms with van der Waals surface area (Å²) in [7, 11) is 2.17. The van der Waals surface area contributed by atoms with Crippen molar-refractivity contribution in [3.63, 3.8) is 0 Å². The number of aromatic nitrogens is 1. The maximum atomic E-state index is 5.84. The summed E-state index contributed by atoms with van der Waals surface area (Å²) in [4.78, 5) is 9.07. The molecule has 1 saturated heterocycles. The lowest BCUT2D eigenvalue weighted by atomic mass is 10.1. The van der Waals surface area contributed by atoms with Crippen LogP contribution in [0.5, 0.6) is 5.75 Å². The van der Waals surface area contributed by atoms with E-state index in [2.05, 4.69) is 58.2 Å². The van der Waals surface area contributed by atoms with Crippen LogP contribution in [-0.2, 0) is 24.4 Å². The lowest BCUT2D eigenvalue weighted by Crippen LogP contribution is -2.37. The summed E-state index contributed by atoms with van der Waals surface area (Å²) >= 11 is 0. The molecule has 156 valence electrons. The Morgan fingerprint density at radius 1 is 0.933 bits per heavy atom. The van der Waals surface area contributed by atoms with Crippen molar-refractivity contribution in [2.24, 2.45) is 0 Å². The lowest BCUT2D eigenvalue weighted by Gasteiger charge is -2.31. The Morgan fingerprint density at radius 2 is 1.70 bits per heavy atom. The maximum Gasteiger partial charge on any atom is 0.130 e. The minimum absolute atomic E-state index is 0.485. The van der Waals surface area contributed by atoms with Gasteiger partial charge in [0, 0.05) is 38.1 Å². The molecule has 0 atom stereocenters. The summed E-state index contributed by atoms with van der Waals surface area (Å²) in [6, 6.07) is 22.9. The molecule has 3 aromatic rings. The van der Waals surface area contributed by atoms with E-state index in [1.54, 1.807) is 6.20 Å². The molecule has 1 aliphatic heterocycles. The van der Waals surface area contributed by atoms with E-state index in [9.17, 15) is 0 Å². The Morgan fingerprint density at radius 3 is 2.47 bits per heavy atom. The van der Waals surface area contributed by atoms with Gasteiger partial charge in [-0.25, -0.2) is 0 Å². The first-order valence-electron chi connectivity index (χ1n) is 10.5. The monoisotopic (exact) mass is 403 g/mol. The van der Waals surface area contributed by atoms with E-state index in [4.69, 9.17) is 9.47 Å². The van der Waals surface area contributed by atoms with Gasteiger partial charge in [0.2, 0.25) is 0 Å². The van der Waals surface area contributed by atoms with Crippen LogP contribution in [0.15, 0.2) is 72.9 Å². The number of benzene rings is 2. The molecule has 1 fully saturated rings. The van der Waals surface area contributed by atoms with Crippen molar-refractivity contribution in [1.82, 2.24) is 9.88 Å². The zero-order chi connectivity index (χ0) is 20.6. The second kappa shape index (κ2) is 10.2. The van der Waals surface area contributed by atoms with E-state index >= 15 is 0 Å². The molecule has 5 nitrogen and oxygen atoms in total. The van der Waals surface area contributed by atoms with Crippen LogP contribution in [0, 0.1) is 0 Å². The topological polar surface area (TPSA) is 37.8 Å². The Labute approximate surface area is 178 Å². The zero-order valence-corrected chi connectivity index (χ0v) is 17.5. The molecule has 0 radical (unpaired) electrons. The van der Waals surface area contributed by atoms with Gasteiger partial charge in [-0.2, -0.15) is 0 Å². The Kier molecular flexibility index (Phi) is 6.95. The second-order valence-corrected chi connectivity index (χ2v) is 7.65. The summed E-state index contributed by atoms with van der Waals surface area (Å²) in [6.07, 6.45) is 1.79. The molecule has 1 aromatic heterocycles. The van der Waals surface area contributed by atoms with Gasteiger partial charge in [0.15, 0.2) is 0 Å². The summed E-state index contributed by atoms with van der Waals surface area (Å²) in [5.41, 5.74) is 4.88. The van der Waals surface area contributed by atoms with Gasteiger partial charge >= 0.3 is 0 Å². The van der Waals surface area contributed by atoms with Gasteiger partial charge in [0.25, 0.3) is 0 Å². The fourth-order valence-electron chi connectivity index (χ4n) is 3.75. The van der Waals surface area contributed by atoms with E-state index in [1.165, 1.54) is 16.8 Å². The van der Waals surface area contributed by atoms with Gasteiger partial charge < -0.3 is 14.4 Å². The first-order chi connectivity index (χ1) is 14.8. The smallest absolute Gasteiger partial charge is 0.130 e. The highest BCUT2D eigenvalue weighted by Crippen LogP contribution is 2.23. The number of pyridine rings is 1. The molecule has 0 unspecified atom stereocenters. The highest BCUT2D eigenvalue weighted by molar-refractivity contribution is 5.54. The van der Waals surface area contributed by atoms with E-state index in [-0.39, 0.29) is 0 Å². The van der Waals surface area contributed by atoms with Gasteiger partial charge in [-0.3, -0.25) is 9.88 Å². The molecule has 2 aromatic carbocycles. The number of para-hydroxylation sites is 1. The molecule has 0 amide bonds.